The molecule has 2 N–H and O–H groups in total. The Morgan fingerprint density at radius 2 is 1.74 bits per heavy atom. The van der Waals surface area contributed by atoms with Crippen LogP contribution in [0.25, 0.3) is 0 Å². The molecule has 2 unspecified atom stereocenters. The lowest BCUT2D eigenvalue weighted by atomic mass is 9.92. The quantitative estimate of drug-likeness (QED) is 0.556. The number of aliphatic carboxylic acids is 2. The SMILES string of the molecule is Cc1cc(OCCCCN2CC(C)CC(C)C2)ccc1Cl.O=C(O)C(=O)O. The van der Waals surface area contributed by atoms with Gasteiger partial charge in [-0.1, -0.05) is 25.4 Å². The summed E-state index contributed by atoms with van der Waals surface area (Å²) in [5.41, 5.74) is 1.07. The van der Waals surface area contributed by atoms with E-state index in [4.69, 9.17) is 36.1 Å². The van der Waals surface area contributed by atoms with Crippen molar-refractivity contribution in [2.75, 3.05) is 26.2 Å². The summed E-state index contributed by atoms with van der Waals surface area (Å²) in [6.45, 7) is 11.3. The third-order valence-electron chi connectivity index (χ3n) is 4.39. The van der Waals surface area contributed by atoms with E-state index in [0.29, 0.717) is 0 Å². The highest BCUT2D eigenvalue weighted by Gasteiger charge is 2.20. The fourth-order valence-corrected chi connectivity index (χ4v) is 3.43. The second-order valence-electron chi connectivity index (χ2n) is 7.28. The van der Waals surface area contributed by atoms with Gasteiger partial charge < -0.3 is 19.8 Å². The molecule has 1 aromatic rings. The molecule has 1 aliphatic heterocycles. The van der Waals surface area contributed by atoms with Crippen LogP contribution in [0.2, 0.25) is 5.02 Å². The maximum atomic E-state index is 9.10. The van der Waals surface area contributed by atoms with Gasteiger partial charge >= 0.3 is 11.9 Å². The first-order valence-corrected chi connectivity index (χ1v) is 9.64. The number of unbranched alkanes of at least 4 members (excludes halogenated alkanes) is 1. The fraction of sp³-hybridized carbons (Fsp3) is 0.600. The van der Waals surface area contributed by atoms with Crippen molar-refractivity contribution in [3.8, 4) is 5.75 Å². The zero-order valence-electron chi connectivity index (χ0n) is 16.3. The van der Waals surface area contributed by atoms with Crippen LogP contribution in [0.1, 0.15) is 38.7 Å². The number of carboxylic acid groups (broad SMARTS) is 2. The molecule has 27 heavy (non-hydrogen) atoms. The van der Waals surface area contributed by atoms with Gasteiger partial charge in [-0.25, -0.2) is 9.59 Å². The Bertz CT molecular complexity index is 600. The topological polar surface area (TPSA) is 87.1 Å². The maximum Gasteiger partial charge on any atom is 0.414 e. The molecule has 1 aliphatic rings. The molecule has 0 aromatic heterocycles. The molecule has 0 bridgehead atoms. The van der Waals surface area contributed by atoms with Crippen molar-refractivity contribution < 1.29 is 24.5 Å². The highest BCUT2D eigenvalue weighted by molar-refractivity contribution is 6.31. The zero-order valence-corrected chi connectivity index (χ0v) is 17.0. The van der Waals surface area contributed by atoms with Crippen molar-refractivity contribution in [2.45, 2.75) is 40.0 Å². The van der Waals surface area contributed by atoms with Gasteiger partial charge in [0, 0.05) is 18.1 Å². The van der Waals surface area contributed by atoms with E-state index in [9.17, 15) is 0 Å². The molecular weight excluding hydrogens is 370 g/mol. The van der Waals surface area contributed by atoms with Crippen molar-refractivity contribution >= 4 is 23.5 Å². The molecule has 0 amide bonds. The first-order valence-electron chi connectivity index (χ1n) is 9.26. The number of piperidine rings is 1. The first kappa shape index (κ1) is 23.2. The highest BCUT2D eigenvalue weighted by Crippen LogP contribution is 2.22. The summed E-state index contributed by atoms with van der Waals surface area (Å²) < 4.78 is 5.80. The number of likely N-dealkylation sites (tertiary alicyclic amines) is 1. The molecule has 1 saturated heterocycles. The molecule has 6 nitrogen and oxygen atoms in total. The third-order valence-corrected chi connectivity index (χ3v) is 4.82. The smallest absolute Gasteiger partial charge is 0.414 e. The van der Waals surface area contributed by atoms with Crippen LogP contribution in [-0.2, 0) is 9.59 Å². The average molecular weight is 400 g/mol. The van der Waals surface area contributed by atoms with Crippen LogP contribution >= 0.6 is 11.6 Å². The molecule has 2 atom stereocenters. The van der Waals surface area contributed by atoms with Gasteiger partial charge in [0.1, 0.15) is 5.75 Å². The third kappa shape index (κ3) is 9.63. The number of nitrogens with zero attached hydrogens (tertiary/aromatic N) is 1. The summed E-state index contributed by atoms with van der Waals surface area (Å²) >= 11 is 6.01. The molecule has 0 radical (unpaired) electrons. The summed E-state index contributed by atoms with van der Waals surface area (Å²) in [6, 6.07) is 5.86. The van der Waals surface area contributed by atoms with E-state index in [2.05, 4.69) is 18.7 Å². The highest BCUT2D eigenvalue weighted by atomic mass is 35.5. The number of hydrogen-bond acceptors (Lipinski definition) is 4. The second kappa shape index (κ2) is 11.8. The Kier molecular flexibility index (Phi) is 10.2. The fourth-order valence-electron chi connectivity index (χ4n) is 3.31. The van der Waals surface area contributed by atoms with Crippen LogP contribution in [0.5, 0.6) is 5.75 Å². The van der Waals surface area contributed by atoms with E-state index < -0.39 is 11.9 Å². The van der Waals surface area contributed by atoms with Crippen LogP contribution in [0.3, 0.4) is 0 Å². The average Bonchev–Trinajstić information content (AvgIpc) is 2.57. The van der Waals surface area contributed by atoms with Crippen molar-refractivity contribution in [1.82, 2.24) is 4.90 Å². The number of aryl methyl sites for hydroxylation is 1. The van der Waals surface area contributed by atoms with Gasteiger partial charge in [-0.2, -0.15) is 0 Å². The minimum atomic E-state index is -1.82. The van der Waals surface area contributed by atoms with Crippen molar-refractivity contribution in [1.29, 1.82) is 0 Å². The van der Waals surface area contributed by atoms with E-state index in [1.807, 2.05) is 25.1 Å². The van der Waals surface area contributed by atoms with Gasteiger partial charge in [-0.3, -0.25) is 0 Å². The Hall–Kier alpha value is -1.79. The number of carbonyl (C=O) groups is 2. The first-order chi connectivity index (χ1) is 12.7. The molecular formula is C20H30ClNO5. The summed E-state index contributed by atoms with van der Waals surface area (Å²) in [7, 11) is 0. The molecule has 0 saturated carbocycles. The summed E-state index contributed by atoms with van der Waals surface area (Å²) in [4.78, 5) is 20.8. The predicted molar refractivity (Wildman–Crippen MR) is 106 cm³/mol. The minimum absolute atomic E-state index is 0.792. The molecule has 1 aromatic carbocycles. The molecule has 0 aliphatic carbocycles. The summed E-state index contributed by atoms with van der Waals surface area (Å²) in [5, 5.41) is 15.6. The van der Waals surface area contributed by atoms with Crippen LogP contribution in [0.4, 0.5) is 0 Å². The molecule has 7 heteroatoms. The maximum absolute atomic E-state index is 9.10. The predicted octanol–water partition coefficient (Wildman–Crippen LogP) is 3.94. The van der Waals surface area contributed by atoms with E-state index in [1.165, 1.54) is 32.5 Å². The number of ether oxygens (including phenoxy) is 1. The van der Waals surface area contributed by atoms with Crippen molar-refractivity contribution in [3.63, 3.8) is 0 Å². The van der Waals surface area contributed by atoms with Gasteiger partial charge in [0.2, 0.25) is 0 Å². The molecule has 152 valence electrons. The standard InChI is InChI=1S/C18H28ClNO.C2H2O4/c1-14-10-15(2)13-20(12-14)8-4-5-9-21-17-6-7-18(19)16(3)11-17;3-1(4)2(5)6/h6-7,11,14-15H,4-5,8-10,12-13H2,1-3H3;(H,3,4)(H,5,6). The molecule has 1 fully saturated rings. The minimum Gasteiger partial charge on any atom is -0.494 e. The number of carboxylic acids is 2. The zero-order chi connectivity index (χ0) is 20.4. The van der Waals surface area contributed by atoms with Crippen LogP contribution < -0.4 is 4.74 Å². The largest absolute Gasteiger partial charge is 0.494 e. The Labute approximate surface area is 166 Å². The lowest BCUT2D eigenvalue weighted by Crippen LogP contribution is -2.39. The van der Waals surface area contributed by atoms with Gasteiger partial charge in [0.25, 0.3) is 0 Å². The lowest BCUT2D eigenvalue weighted by molar-refractivity contribution is -0.159. The van der Waals surface area contributed by atoms with Crippen LogP contribution in [0.15, 0.2) is 18.2 Å². The number of rotatable bonds is 6. The number of halogens is 1. The molecule has 0 spiro atoms. The van der Waals surface area contributed by atoms with E-state index in [0.717, 1.165) is 41.2 Å². The second-order valence-corrected chi connectivity index (χ2v) is 7.69. The van der Waals surface area contributed by atoms with Crippen molar-refractivity contribution in [2.24, 2.45) is 11.8 Å². The monoisotopic (exact) mass is 399 g/mol. The van der Waals surface area contributed by atoms with Crippen molar-refractivity contribution in [3.05, 3.63) is 28.8 Å². The van der Waals surface area contributed by atoms with Gasteiger partial charge in [-0.05, 0) is 68.3 Å². The summed E-state index contributed by atoms with van der Waals surface area (Å²) in [6.07, 6.45) is 3.71. The van der Waals surface area contributed by atoms with Crippen LogP contribution in [0, 0.1) is 18.8 Å². The van der Waals surface area contributed by atoms with E-state index in [-0.39, 0.29) is 0 Å². The van der Waals surface area contributed by atoms with Gasteiger partial charge in [-0.15, -0.1) is 0 Å². The number of hydrogen-bond donors (Lipinski definition) is 2. The Morgan fingerprint density at radius 3 is 2.26 bits per heavy atom. The number of benzene rings is 1. The Morgan fingerprint density at radius 1 is 1.15 bits per heavy atom. The summed E-state index contributed by atoms with van der Waals surface area (Å²) in [5.74, 6) is -1.02. The normalized spacial score (nSPS) is 19.7. The van der Waals surface area contributed by atoms with Gasteiger partial charge in [0.05, 0.1) is 6.61 Å². The van der Waals surface area contributed by atoms with Gasteiger partial charge in [0.15, 0.2) is 0 Å². The Balaban J connectivity index is 0.000000527. The molecule has 2 rings (SSSR count). The van der Waals surface area contributed by atoms with E-state index in [1.54, 1.807) is 0 Å². The van der Waals surface area contributed by atoms with Crippen LogP contribution in [-0.4, -0.2) is 53.3 Å². The lowest BCUT2D eigenvalue weighted by Gasteiger charge is -2.34. The molecule has 1 heterocycles. The van der Waals surface area contributed by atoms with E-state index >= 15 is 0 Å².